The molecule has 1 unspecified atom stereocenters. The Hall–Kier alpha value is -1.24. The molecule has 0 bridgehead atoms. The molecule has 0 aliphatic carbocycles. The maximum atomic E-state index is 11.8. The quantitative estimate of drug-likeness (QED) is 0.894. The molecule has 2 aromatic rings. The summed E-state index contributed by atoms with van der Waals surface area (Å²) in [7, 11) is 0. The van der Waals surface area contributed by atoms with Gasteiger partial charge in [0.2, 0.25) is 5.91 Å². The zero-order valence-corrected chi connectivity index (χ0v) is 12.4. The summed E-state index contributed by atoms with van der Waals surface area (Å²) in [5, 5.41) is 6.77. The van der Waals surface area contributed by atoms with E-state index in [9.17, 15) is 4.79 Å². The summed E-state index contributed by atoms with van der Waals surface area (Å²) in [6.45, 7) is 0.597. The van der Waals surface area contributed by atoms with Crippen molar-refractivity contribution in [2.45, 2.75) is 12.5 Å². The van der Waals surface area contributed by atoms with E-state index >= 15 is 0 Å². The lowest BCUT2D eigenvalue weighted by Crippen LogP contribution is -2.42. The second-order valence-corrected chi connectivity index (χ2v) is 6.12. The average Bonchev–Trinajstić information content (AvgIpc) is 3.06. The van der Waals surface area contributed by atoms with Crippen LogP contribution in [0.5, 0.6) is 0 Å². The molecule has 0 saturated carbocycles. The number of imidazole rings is 1. The third-order valence-electron chi connectivity index (χ3n) is 3.18. The van der Waals surface area contributed by atoms with Gasteiger partial charge in [0.1, 0.15) is 5.65 Å². The number of halogens is 1. The third-order valence-corrected chi connectivity index (χ3v) is 4.34. The highest BCUT2D eigenvalue weighted by Gasteiger charge is 2.21. The van der Waals surface area contributed by atoms with Gasteiger partial charge in [0.25, 0.3) is 0 Å². The topological polar surface area (TPSA) is 58.4 Å². The molecule has 0 aromatic carbocycles. The fourth-order valence-electron chi connectivity index (χ4n) is 2.14. The summed E-state index contributed by atoms with van der Waals surface area (Å²) in [6.07, 6.45) is 4.48. The molecule has 1 fully saturated rings. The standard InChI is InChI=1S/C13H15ClN4OS/c14-9-1-2-12-17-10(6-18(12)5-9)3-4-15-13(19)11-7-20-8-16-11/h1-2,5-6,11,16H,3-4,7-8H2,(H,15,19). The Kier molecular flexibility index (Phi) is 4.14. The van der Waals surface area contributed by atoms with E-state index in [1.807, 2.05) is 28.9 Å². The maximum Gasteiger partial charge on any atom is 0.238 e. The van der Waals surface area contributed by atoms with Crippen LogP contribution >= 0.6 is 23.4 Å². The molecule has 20 heavy (non-hydrogen) atoms. The number of aromatic nitrogens is 2. The van der Waals surface area contributed by atoms with Gasteiger partial charge in [0, 0.05) is 37.0 Å². The van der Waals surface area contributed by atoms with Crippen molar-refractivity contribution in [3.05, 3.63) is 35.2 Å². The van der Waals surface area contributed by atoms with Crippen molar-refractivity contribution in [3.63, 3.8) is 0 Å². The van der Waals surface area contributed by atoms with E-state index < -0.39 is 0 Å². The minimum atomic E-state index is -0.0557. The predicted octanol–water partition coefficient (Wildman–Crippen LogP) is 1.31. The molecule has 2 aromatic heterocycles. The van der Waals surface area contributed by atoms with Crippen molar-refractivity contribution in [1.29, 1.82) is 0 Å². The van der Waals surface area contributed by atoms with E-state index in [1.165, 1.54) is 0 Å². The Morgan fingerprint density at radius 2 is 2.45 bits per heavy atom. The van der Waals surface area contributed by atoms with Gasteiger partial charge in [-0.3, -0.25) is 10.1 Å². The zero-order chi connectivity index (χ0) is 13.9. The van der Waals surface area contributed by atoms with Gasteiger partial charge in [-0.2, -0.15) is 0 Å². The lowest BCUT2D eigenvalue weighted by atomic mass is 10.3. The fraction of sp³-hybridized carbons (Fsp3) is 0.385. The van der Waals surface area contributed by atoms with Crippen LogP contribution in [0.4, 0.5) is 0 Å². The minimum absolute atomic E-state index is 0.0557. The van der Waals surface area contributed by atoms with Gasteiger partial charge in [-0.05, 0) is 12.1 Å². The Balaban J connectivity index is 1.55. The molecule has 1 amide bonds. The number of carbonyl (C=O) groups excluding carboxylic acids is 1. The Labute approximate surface area is 126 Å². The molecule has 0 spiro atoms. The number of carbonyl (C=O) groups is 1. The van der Waals surface area contributed by atoms with Crippen LogP contribution in [-0.2, 0) is 11.2 Å². The third kappa shape index (κ3) is 3.08. The maximum absolute atomic E-state index is 11.8. The van der Waals surface area contributed by atoms with Crippen LogP contribution in [0, 0.1) is 0 Å². The van der Waals surface area contributed by atoms with Crippen molar-refractivity contribution >= 4 is 34.9 Å². The molecule has 1 aliphatic heterocycles. The van der Waals surface area contributed by atoms with Crippen molar-refractivity contribution in [2.24, 2.45) is 0 Å². The van der Waals surface area contributed by atoms with Gasteiger partial charge in [0.15, 0.2) is 0 Å². The van der Waals surface area contributed by atoms with E-state index in [-0.39, 0.29) is 11.9 Å². The highest BCUT2D eigenvalue weighted by molar-refractivity contribution is 7.99. The van der Waals surface area contributed by atoms with Crippen LogP contribution in [0.2, 0.25) is 5.02 Å². The lowest BCUT2D eigenvalue weighted by molar-refractivity contribution is -0.122. The van der Waals surface area contributed by atoms with Crippen LogP contribution in [0.1, 0.15) is 5.69 Å². The molecule has 3 rings (SSSR count). The highest BCUT2D eigenvalue weighted by Crippen LogP contribution is 2.12. The summed E-state index contributed by atoms with van der Waals surface area (Å²) in [5.74, 6) is 1.77. The first-order valence-corrected chi connectivity index (χ1v) is 7.97. The van der Waals surface area contributed by atoms with E-state index in [1.54, 1.807) is 11.8 Å². The number of hydrogen-bond acceptors (Lipinski definition) is 4. The molecule has 0 radical (unpaired) electrons. The number of amides is 1. The van der Waals surface area contributed by atoms with Crippen molar-refractivity contribution in [1.82, 2.24) is 20.0 Å². The first kappa shape index (κ1) is 13.7. The van der Waals surface area contributed by atoms with Crippen LogP contribution < -0.4 is 10.6 Å². The average molecular weight is 311 g/mol. The van der Waals surface area contributed by atoms with Gasteiger partial charge in [0.05, 0.1) is 16.8 Å². The number of hydrogen-bond donors (Lipinski definition) is 2. The van der Waals surface area contributed by atoms with Gasteiger partial charge in [-0.25, -0.2) is 4.98 Å². The normalized spacial score (nSPS) is 18.6. The van der Waals surface area contributed by atoms with Crippen LogP contribution in [0.3, 0.4) is 0 Å². The SMILES string of the molecule is O=C(NCCc1cn2cc(Cl)ccc2n1)C1CSCN1. The first-order chi connectivity index (χ1) is 9.72. The molecular weight excluding hydrogens is 296 g/mol. The van der Waals surface area contributed by atoms with E-state index in [0.717, 1.165) is 23.0 Å². The van der Waals surface area contributed by atoms with E-state index in [0.29, 0.717) is 18.0 Å². The monoisotopic (exact) mass is 310 g/mol. The van der Waals surface area contributed by atoms with Gasteiger partial charge in [-0.1, -0.05) is 11.6 Å². The summed E-state index contributed by atoms with van der Waals surface area (Å²) >= 11 is 7.68. The summed E-state index contributed by atoms with van der Waals surface area (Å²) in [5.41, 5.74) is 1.81. The molecule has 3 heterocycles. The molecule has 1 saturated heterocycles. The second kappa shape index (κ2) is 6.03. The smallest absolute Gasteiger partial charge is 0.238 e. The molecule has 2 N–H and O–H groups in total. The summed E-state index contributed by atoms with van der Waals surface area (Å²) in [4.78, 5) is 16.3. The van der Waals surface area contributed by atoms with Crippen LogP contribution in [0.25, 0.3) is 5.65 Å². The first-order valence-electron chi connectivity index (χ1n) is 6.44. The molecule has 1 atom stereocenters. The molecule has 106 valence electrons. The number of thioether (sulfide) groups is 1. The Bertz CT molecular complexity index is 624. The van der Waals surface area contributed by atoms with Crippen LogP contribution in [0.15, 0.2) is 24.5 Å². The number of pyridine rings is 1. The lowest BCUT2D eigenvalue weighted by Gasteiger charge is -2.09. The number of nitrogens with zero attached hydrogens (tertiary/aromatic N) is 2. The number of nitrogens with one attached hydrogen (secondary N) is 2. The summed E-state index contributed by atoms with van der Waals surface area (Å²) < 4.78 is 1.90. The number of fused-ring (bicyclic) bond motifs is 1. The van der Waals surface area contributed by atoms with Crippen molar-refractivity contribution < 1.29 is 4.79 Å². The van der Waals surface area contributed by atoms with Gasteiger partial charge < -0.3 is 9.72 Å². The molecule has 7 heteroatoms. The minimum Gasteiger partial charge on any atom is -0.354 e. The van der Waals surface area contributed by atoms with Crippen molar-refractivity contribution in [2.75, 3.05) is 18.2 Å². The number of rotatable bonds is 4. The van der Waals surface area contributed by atoms with Crippen LogP contribution in [-0.4, -0.2) is 39.5 Å². The van der Waals surface area contributed by atoms with E-state index in [4.69, 9.17) is 11.6 Å². The second-order valence-electron chi connectivity index (χ2n) is 4.66. The molecule has 5 nitrogen and oxygen atoms in total. The molecule has 1 aliphatic rings. The van der Waals surface area contributed by atoms with E-state index in [2.05, 4.69) is 15.6 Å². The Morgan fingerprint density at radius 1 is 1.55 bits per heavy atom. The zero-order valence-electron chi connectivity index (χ0n) is 10.8. The Morgan fingerprint density at radius 3 is 3.25 bits per heavy atom. The predicted molar refractivity (Wildman–Crippen MR) is 81.2 cm³/mol. The fourth-order valence-corrected chi connectivity index (χ4v) is 3.25. The summed E-state index contributed by atoms with van der Waals surface area (Å²) in [6, 6.07) is 3.64. The largest absolute Gasteiger partial charge is 0.354 e. The van der Waals surface area contributed by atoms with Gasteiger partial charge >= 0.3 is 0 Å². The van der Waals surface area contributed by atoms with Gasteiger partial charge in [-0.15, -0.1) is 11.8 Å². The van der Waals surface area contributed by atoms with Crippen molar-refractivity contribution in [3.8, 4) is 0 Å². The molecular formula is C13H15ClN4OS. The highest BCUT2D eigenvalue weighted by atomic mass is 35.5.